The van der Waals surface area contributed by atoms with Gasteiger partial charge in [-0.2, -0.15) is 10.4 Å². The Labute approximate surface area is 168 Å². The van der Waals surface area contributed by atoms with Crippen molar-refractivity contribution in [1.29, 1.82) is 5.26 Å². The second kappa shape index (κ2) is 7.44. The summed E-state index contributed by atoms with van der Waals surface area (Å²) in [6.07, 6.45) is 0. The summed E-state index contributed by atoms with van der Waals surface area (Å²) >= 11 is 0. The number of carbonyl (C=O) groups excluding carboxylic acids is 2. The van der Waals surface area contributed by atoms with Crippen molar-refractivity contribution < 1.29 is 25.3 Å². The van der Waals surface area contributed by atoms with Crippen LogP contribution in [-0.4, -0.2) is 41.4 Å². The van der Waals surface area contributed by atoms with Crippen LogP contribution in [0, 0.1) is 24.1 Å². The lowest BCUT2D eigenvalue weighted by Crippen LogP contribution is -2.49. The molecule has 1 aromatic heterocycles. The summed E-state index contributed by atoms with van der Waals surface area (Å²) in [6.45, 7) is 2.47. The summed E-state index contributed by atoms with van der Waals surface area (Å²) in [4.78, 5) is 24.1. The quantitative estimate of drug-likeness (QED) is 0.762. The highest BCUT2D eigenvalue weighted by Gasteiger charge is 2.38. The van der Waals surface area contributed by atoms with Crippen LogP contribution in [0.1, 0.15) is 32.8 Å². The minimum Gasteiger partial charge on any atom is -0.346 e. The largest absolute Gasteiger partial charge is 0.346 e. The zero-order chi connectivity index (χ0) is 21.3. The predicted octanol–water partition coefficient (Wildman–Crippen LogP) is 1.70. The molecule has 10 nitrogen and oxygen atoms in total. The van der Waals surface area contributed by atoms with Gasteiger partial charge in [-0.15, -0.1) is 5.10 Å². The molecule has 2 heterocycles. The zero-order valence-electron chi connectivity index (χ0n) is 15.3. The van der Waals surface area contributed by atoms with Gasteiger partial charge >= 0.3 is 6.03 Å². The number of nitrogens with zero attached hydrogens (tertiary/aromatic N) is 4. The van der Waals surface area contributed by atoms with Crippen molar-refractivity contribution in [2.75, 3.05) is 11.9 Å². The Hall–Kier alpha value is -3.59. The number of halogens is 1. The molecule has 29 heavy (non-hydrogen) atoms. The Morgan fingerprint density at radius 1 is 1.41 bits per heavy atom. The number of rotatable bonds is 4. The Morgan fingerprint density at radius 3 is 2.79 bits per heavy atom. The van der Waals surface area contributed by atoms with E-state index in [0.29, 0.717) is 15.6 Å². The lowest BCUT2D eigenvalue weighted by atomic mass is 10.1. The van der Waals surface area contributed by atoms with Gasteiger partial charge in [-0.05, 0) is 43.7 Å². The molecule has 0 fully saturated rings. The van der Waals surface area contributed by atoms with Gasteiger partial charge in [0.1, 0.15) is 23.3 Å². The second-order valence-corrected chi connectivity index (χ2v) is 8.11. The lowest BCUT2D eigenvalue weighted by Gasteiger charge is -2.28. The number of benzene rings is 1. The standard InChI is InChI=1S/C17H15FN6O4S.2H2/c1-9-5-12(7-19)22-23-16(9)10(2)20-15(25)8-24-17(26)21-13-4-3-11(18)6-14(13)29(24,27)28;;/h3-6,10H,8H2,1-2H3,(H,20,25)(H,21,26);2*1H/t10-;;/m1../s1. The predicted molar refractivity (Wildman–Crippen MR) is 102 cm³/mol. The summed E-state index contributed by atoms with van der Waals surface area (Å²) in [7, 11) is -4.41. The monoisotopic (exact) mass is 422 g/mol. The number of anilines is 1. The van der Waals surface area contributed by atoms with E-state index < -0.39 is 45.3 Å². The molecule has 1 atom stereocenters. The third-order valence-corrected chi connectivity index (χ3v) is 5.96. The number of amides is 3. The molecular weight excluding hydrogens is 403 g/mol. The molecule has 1 aromatic carbocycles. The third-order valence-electron chi connectivity index (χ3n) is 4.19. The number of fused-ring (bicyclic) bond motifs is 1. The third kappa shape index (κ3) is 3.85. The number of aryl methyl sites for hydroxylation is 1. The van der Waals surface area contributed by atoms with Gasteiger partial charge in [-0.25, -0.2) is 21.9 Å². The molecule has 0 saturated heterocycles. The van der Waals surface area contributed by atoms with Gasteiger partial charge in [0, 0.05) is 2.85 Å². The smallest absolute Gasteiger partial charge is 0.336 e. The van der Waals surface area contributed by atoms with Crippen molar-refractivity contribution in [3.05, 3.63) is 47.0 Å². The zero-order valence-corrected chi connectivity index (χ0v) is 16.1. The van der Waals surface area contributed by atoms with Crippen LogP contribution in [-0.2, 0) is 14.8 Å². The average molecular weight is 422 g/mol. The molecule has 3 rings (SSSR count). The van der Waals surface area contributed by atoms with E-state index in [-0.39, 0.29) is 14.2 Å². The first-order valence-electron chi connectivity index (χ1n) is 8.30. The lowest BCUT2D eigenvalue weighted by molar-refractivity contribution is -0.121. The molecule has 0 saturated carbocycles. The molecule has 0 unspecified atom stereocenters. The maximum atomic E-state index is 13.5. The van der Waals surface area contributed by atoms with E-state index >= 15 is 0 Å². The number of nitrogens with one attached hydrogen (secondary N) is 2. The van der Waals surface area contributed by atoms with Crippen LogP contribution < -0.4 is 10.6 Å². The summed E-state index contributed by atoms with van der Waals surface area (Å²) in [5.74, 6) is -1.57. The Bertz CT molecular complexity index is 1170. The summed E-state index contributed by atoms with van der Waals surface area (Å²) < 4.78 is 39.1. The maximum absolute atomic E-state index is 13.5. The molecule has 1 aliphatic rings. The first-order chi connectivity index (χ1) is 13.6. The van der Waals surface area contributed by atoms with Crippen LogP contribution >= 0.6 is 0 Å². The topological polar surface area (TPSA) is 145 Å². The molecule has 2 aromatic rings. The molecule has 0 aliphatic carbocycles. The molecule has 0 radical (unpaired) electrons. The Morgan fingerprint density at radius 2 is 2.14 bits per heavy atom. The van der Waals surface area contributed by atoms with E-state index in [1.165, 1.54) is 6.07 Å². The number of urea groups is 1. The van der Waals surface area contributed by atoms with Crippen molar-refractivity contribution in [3.8, 4) is 6.07 Å². The number of sulfonamides is 1. The molecule has 12 heteroatoms. The normalized spacial score (nSPS) is 15.7. The van der Waals surface area contributed by atoms with E-state index in [2.05, 4.69) is 20.8 Å². The van der Waals surface area contributed by atoms with Crippen LogP contribution in [0.2, 0.25) is 0 Å². The summed E-state index contributed by atoms with van der Waals surface area (Å²) in [6, 6.07) is 4.57. The Kier molecular flexibility index (Phi) is 5.17. The first kappa shape index (κ1) is 20.2. The molecule has 154 valence electrons. The van der Waals surface area contributed by atoms with Crippen LogP contribution in [0.4, 0.5) is 14.9 Å². The van der Waals surface area contributed by atoms with Gasteiger partial charge in [0.25, 0.3) is 10.0 Å². The highest BCUT2D eigenvalue weighted by atomic mass is 32.2. The highest BCUT2D eigenvalue weighted by Crippen LogP contribution is 2.30. The second-order valence-electron chi connectivity index (χ2n) is 6.28. The van der Waals surface area contributed by atoms with Crippen LogP contribution in [0.25, 0.3) is 0 Å². The fourth-order valence-electron chi connectivity index (χ4n) is 2.84. The van der Waals surface area contributed by atoms with Crippen molar-refractivity contribution >= 4 is 27.6 Å². The fourth-order valence-corrected chi connectivity index (χ4v) is 4.29. The van der Waals surface area contributed by atoms with Crippen molar-refractivity contribution in [2.24, 2.45) is 0 Å². The Balaban J connectivity index is 0.00000240. The number of hydrogen-bond acceptors (Lipinski definition) is 7. The van der Waals surface area contributed by atoms with Crippen LogP contribution in [0.15, 0.2) is 29.2 Å². The van der Waals surface area contributed by atoms with Gasteiger partial charge < -0.3 is 10.6 Å². The van der Waals surface area contributed by atoms with E-state index in [4.69, 9.17) is 5.26 Å². The summed E-state index contributed by atoms with van der Waals surface area (Å²) in [5.41, 5.74) is 1.05. The molecule has 0 spiro atoms. The average Bonchev–Trinajstić information content (AvgIpc) is 2.65. The molecular formula is C17H19FN6O4S. The van der Waals surface area contributed by atoms with Crippen LogP contribution in [0.3, 0.4) is 0 Å². The first-order valence-corrected chi connectivity index (χ1v) is 9.74. The van der Waals surface area contributed by atoms with E-state index in [1.807, 2.05) is 6.07 Å². The van der Waals surface area contributed by atoms with Gasteiger partial charge in [0.05, 0.1) is 17.4 Å². The van der Waals surface area contributed by atoms with Gasteiger partial charge in [0.15, 0.2) is 5.69 Å². The van der Waals surface area contributed by atoms with Crippen molar-refractivity contribution in [3.63, 3.8) is 0 Å². The molecule has 0 bridgehead atoms. The molecule has 3 amide bonds. The van der Waals surface area contributed by atoms with Crippen molar-refractivity contribution in [1.82, 2.24) is 19.8 Å². The van der Waals surface area contributed by atoms with E-state index in [1.54, 1.807) is 13.8 Å². The molecule has 2 N–H and O–H groups in total. The number of aromatic nitrogens is 2. The SMILES string of the molecule is Cc1cc(C#N)nnc1[C@@H](C)NC(=O)CN1C(=O)Nc2ccc(F)cc2S1(=O)=O.[HH].[HH]. The number of carbonyl (C=O) groups is 2. The van der Waals surface area contributed by atoms with Crippen molar-refractivity contribution in [2.45, 2.75) is 24.8 Å². The molecule has 1 aliphatic heterocycles. The van der Waals surface area contributed by atoms with Gasteiger partial charge in [-0.1, -0.05) is 0 Å². The number of nitriles is 1. The minimum atomic E-state index is -4.41. The number of hydrogen-bond donors (Lipinski definition) is 2. The van der Waals surface area contributed by atoms with Gasteiger partial charge in [-0.3, -0.25) is 4.79 Å². The van der Waals surface area contributed by atoms with E-state index in [9.17, 15) is 22.4 Å². The highest BCUT2D eigenvalue weighted by molar-refractivity contribution is 7.90. The summed E-state index contributed by atoms with van der Waals surface area (Å²) in [5, 5.41) is 21.3. The fraction of sp³-hybridized carbons (Fsp3) is 0.235. The van der Waals surface area contributed by atoms with Gasteiger partial charge in [0.2, 0.25) is 5.91 Å². The maximum Gasteiger partial charge on any atom is 0.336 e. The van der Waals surface area contributed by atoms with E-state index in [0.717, 1.165) is 18.2 Å². The minimum absolute atomic E-state index is 0. The van der Waals surface area contributed by atoms with Crippen LogP contribution in [0.5, 0.6) is 0 Å².